The number of carboxylic acids is 1. The number of rotatable bonds is 2. The highest BCUT2D eigenvalue weighted by Gasteiger charge is 2.34. The van der Waals surface area contributed by atoms with Crippen molar-refractivity contribution in [2.75, 3.05) is 6.54 Å². The maximum atomic E-state index is 11.7. The minimum atomic E-state index is -0.759. The fourth-order valence-electron chi connectivity index (χ4n) is 2.64. The number of carboxylic acid groups (broad SMARTS) is 1. The van der Waals surface area contributed by atoms with Crippen LogP contribution in [0.2, 0.25) is 0 Å². The fourth-order valence-corrected chi connectivity index (χ4v) is 2.64. The van der Waals surface area contributed by atoms with E-state index in [2.05, 4.69) is 0 Å². The van der Waals surface area contributed by atoms with Crippen molar-refractivity contribution in [1.29, 1.82) is 0 Å². The Morgan fingerprint density at radius 1 is 1.27 bits per heavy atom. The van der Waals surface area contributed by atoms with Gasteiger partial charge in [-0.3, -0.25) is 9.59 Å². The summed E-state index contributed by atoms with van der Waals surface area (Å²) in [6.07, 6.45) is 5.37. The number of carbonyl (C=O) groups excluding carboxylic acids is 1. The molecule has 2 rings (SSSR count). The average Bonchev–Trinajstić information content (AvgIpc) is 2.71. The number of piperidine rings is 1. The molecule has 1 aliphatic heterocycles. The van der Waals surface area contributed by atoms with E-state index in [1.807, 2.05) is 4.90 Å². The molecule has 1 unspecified atom stereocenters. The van der Waals surface area contributed by atoms with E-state index in [0.29, 0.717) is 25.4 Å². The minimum Gasteiger partial charge on any atom is -0.481 e. The summed E-state index contributed by atoms with van der Waals surface area (Å²) in [7, 11) is 0. The van der Waals surface area contributed by atoms with E-state index < -0.39 is 5.97 Å². The first-order chi connectivity index (χ1) is 7.18. The van der Waals surface area contributed by atoms with Crippen molar-refractivity contribution in [2.45, 2.75) is 44.6 Å². The predicted molar refractivity (Wildman–Crippen MR) is 54.3 cm³/mol. The smallest absolute Gasteiger partial charge is 0.308 e. The second-order valence-corrected chi connectivity index (χ2v) is 4.56. The highest BCUT2D eigenvalue weighted by molar-refractivity contribution is 5.80. The summed E-state index contributed by atoms with van der Waals surface area (Å²) in [6, 6.07) is 0.319. The van der Waals surface area contributed by atoms with Gasteiger partial charge in [0, 0.05) is 19.0 Å². The van der Waals surface area contributed by atoms with Crippen molar-refractivity contribution >= 4 is 11.9 Å². The third-order valence-corrected chi connectivity index (χ3v) is 3.56. The van der Waals surface area contributed by atoms with Crippen molar-refractivity contribution in [3.05, 3.63) is 0 Å². The van der Waals surface area contributed by atoms with Crippen LogP contribution in [0.4, 0.5) is 0 Å². The molecule has 2 fully saturated rings. The van der Waals surface area contributed by atoms with Crippen LogP contribution in [0.3, 0.4) is 0 Å². The molecular formula is C11H17NO3. The fraction of sp³-hybridized carbons (Fsp3) is 0.818. The quantitative estimate of drug-likeness (QED) is 0.748. The van der Waals surface area contributed by atoms with Gasteiger partial charge in [0.15, 0.2) is 0 Å². The van der Waals surface area contributed by atoms with Crippen LogP contribution in [0.15, 0.2) is 0 Å². The Bertz CT molecular complexity index is 271. The molecule has 0 aromatic carbocycles. The van der Waals surface area contributed by atoms with Crippen LogP contribution in [0.25, 0.3) is 0 Å². The first-order valence-corrected chi connectivity index (χ1v) is 5.71. The second kappa shape index (κ2) is 4.21. The third-order valence-electron chi connectivity index (χ3n) is 3.56. The second-order valence-electron chi connectivity index (χ2n) is 4.56. The van der Waals surface area contributed by atoms with Crippen LogP contribution in [0.5, 0.6) is 0 Å². The van der Waals surface area contributed by atoms with Crippen molar-refractivity contribution in [3.8, 4) is 0 Å². The molecule has 84 valence electrons. The zero-order chi connectivity index (χ0) is 10.8. The lowest BCUT2D eigenvalue weighted by molar-refractivity contribution is -0.148. The number of nitrogens with zero attached hydrogens (tertiary/aromatic N) is 1. The minimum absolute atomic E-state index is 0.152. The molecule has 0 radical (unpaired) electrons. The first-order valence-electron chi connectivity index (χ1n) is 5.71. The Morgan fingerprint density at radius 2 is 1.93 bits per heavy atom. The van der Waals surface area contributed by atoms with Gasteiger partial charge in [0.2, 0.25) is 5.91 Å². The topological polar surface area (TPSA) is 57.6 Å². The van der Waals surface area contributed by atoms with Gasteiger partial charge in [0.1, 0.15) is 0 Å². The molecule has 0 aromatic rings. The van der Waals surface area contributed by atoms with Gasteiger partial charge in [-0.05, 0) is 19.3 Å². The standard InChI is InChI=1S/C11H17NO3/c13-10-6-5-8(11(14)15)7-12(10)9-3-1-2-4-9/h8-9H,1-7H2,(H,14,15). The molecule has 2 aliphatic rings. The lowest BCUT2D eigenvalue weighted by Gasteiger charge is -2.35. The van der Waals surface area contributed by atoms with Crippen molar-refractivity contribution in [1.82, 2.24) is 4.90 Å². The summed E-state index contributed by atoms with van der Waals surface area (Å²) in [6.45, 7) is 0.429. The monoisotopic (exact) mass is 211 g/mol. The van der Waals surface area contributed by atoms with Crippen LogP contribution >= 0.6 is 0 Å². The van der Waals surface area contributed by atoms with E-state index in [1.54, 1.807) is 0 Å². The van der Waals surface area contributed by atoms with E-state index >= 15 is 0 Å². The normalized spacial score (nSPS) is 28.4. The Hall–Kier alpha value is -1.06. The molecule has 1 heterocycles. The van der Waals surface area contributed by atoms with Crippen LogP contribution in [0.1, 0.15) is 38.5 Å². The number of amides is 1. The maximum absolute atomic E-state index is 11.7. The van der Waals surface area contributed by atoms with E-state index in [0.717, 1.165) is 12.8 Å². The predicted octanol–water partition coefficient (Wildman–Crippen LogP) is 1.25. The summed E-state index contributed by atoms with van der Waals surface area (Å²) < 4.78 is 0. The van der Waals surface area contributed by atoms with Crippen LogP contribution in [-0.4, -0.2) is 34.5 Å². The largest absolute Gasteiger partial charge is 0.481 e. The van der Waals surface area contributed by atoms with E-state index in [1.165, 1.54) is 12.8 Å². The zero-order valence-electron chi connectivity index (χ0n) is 8.82. The molecule has 15 heavy (non-hydrogen) atoms. The number of carbonyl (C=O) groups is 2. The molecule has 0 aromatic heterocycles. The van der Waals surface area contributed by atoms with Gasteiger partial charge in [0.25, 0.3) is 0 Å². The molecule has 1 amide bonds. The first kappa shape index (κ1) is 10.5. The molecule has 1 N–H and O–H groups in total. The summed E-state index contributed by atoms with van der Waals surface area (Å²) in [5.41, 5.74) is 0. The van der Waals surface area contributed by atoms with Gasteiger partial charge >= 0.3 is 5.97 Å². The van der Waals surface area contributed by atoms with Crippen molar-refractivity contribution in [2.24, 2.45) is 5.92 Å². The number of hydrogen-bond acceptors (Lipinski definition) is 2. The van der Waals surface area contributed by atoms with Crippen LogP contribution < -0.4 is 0 Å². The molecule has 1 saturated heterocycles. The Labute approximate surface area is 89.3 Å². The molecule has 4 heteroatoms. The molecule has 0 bridgehead atoms. The number of hydrogen-bond donors (Lipinski definition) is 1. The Morgan fingerprint density at radius 3 is 2.53 bits per heavy atom. The Kier molecular flexibility index (Phi) is 2.93. The number of aliphatic carboxylic acids is 1. The lowest BCUT2D eigenvalue weighted by Crippen LogP contribution is -2.47. The molecule has 0 spiro atoms. The third kappa shape index (κ3) is 2.13. The zero-order valence-corrected chi connectivity index (χ0v) is 8.82. The molecular weight excluding hydrogens is 194 g/mol. The van der Waals surface area contributed by atoms with Gasteiger partial charge in [-0.15, -0.1) is 0 Å². The summed E-state index contributed by atoms with van der Waals surface area (Å²) in [5.74, 6) is -0.951. The highest BCUT2D eigenvalue weighted by atomic mass is 16.4. The summed E-state index contributed by atoms with van der Waals surface area (Å²) >= 11 is 0. The van der Waals surface area contributed by atoms with Crippen LogP contribution in [-0.2, 0) is 9.59 Å². The Balaban J connectivity index is 2.01. The molecule has 1 aliphatic carbocycles. The van der Waals surface area contributed by atoms with Gasteiger partial charge in [-0.25, -0.2) is 0 Å². The highest BCUT2D eigenvalue weighted by Crippen LogP contribution is 2.28. The lowest BCUT2D eigenvalue weighted by atomic mass is 9.96. The molecule has 1 saturated carbocycles. The molecule has 4 nitrogen and oxygen atoms in total. The van der Waals surface area contributed by atoms with E-state index in [4.69, 9.17) is 5.11 Å². The SMILES string of the molecule is O=C(O)C1CCC(=O)N(C2CCCC2)C1. The van der Waals surface area contributed by atoms with Gasteiger partial charge in [-0.1, -0.05) is 12.8 Å². The van der Waals surface area contributed by atoms with Crippen molar-refractivity contribution < 1.29 is 14.7 Å². The maximum Gasteiger partial charge on any atom is 0.308 e. The van der Waals surface area contributed by atoms with Gasteiger partial charge < -0.3 is 10.0 Å². The van der Waals surface area contributed by atoms with E-state index in [9.17, 15) is 9.59 Å². The van der Waals surface area contributed by atoms with Gasteiger partial charge in [0.05, 0.1) is 5.92 Å². The van der Waals surface area contributed by atoms with Crippen molar-refractivity contribution in [3.63, 3.8) is 0 Å². The average molecular weight is 211 g/mol. The molecule has 1 atom stereocenters. The van der Waals surface area contributed by atoms with Gasteiger partial charge in [-0.2, -0.15) is 0 Å². The number of likely N-dealkylation sites (tertiary alicyclic amines) is 1. The summed E-state index contributed by atoms with van der Waals surface area (Å²) in [5, 5.41) is 8.95. The summed E-state index contributed by atoms with van der Waals surface area (Å²) in [4.78, 5) is 24.4. The van der Waals surface area contributed by atoms with E-state index in [-0.39, 0.29) is 11.8 Å². The van der Waals surface area contributed by atoms with Crippen LogP contribution in [0, 0.1) is 5.92 Å².